The van der Waals surface area contributed by atoms with Gasteiger partial charge in [-0.2, -0.15) is 0 Å². The zero-order valence-corrected chi connectivity index (χ0v) is 13.6. The van der Waals surface area contributed by atoms with Crippen LogP contribution in [0.4, 0.5) is 0 Å². The van der Waals surface area contributed by atoms with Gasteiger partial charge in [0.2, 0.25) is 5.91 Å². The fraction of sp³-hybridized carbons (Fsp3) is 0.438. The smallest absolute Gasteiger partial charge is 0.326 e. The molecule has 0 saturated heterocycles. The Morgan fingerprint density at radius 1 is 1.33 bits per heavy atom. The first-order valence-corrected chi connectivity index (χ1v) is 7.78. The second-order valence-corrected chi connectivity index (χ2v) is 5.65. The van der Waals surface area contributed by atoms with Crippen LogP contribution in [-0.4, -0.2) is 38.0 Å². The molecule has 2 N–H and O–H groups in total. The molecule has 1 amide bonds. The number of hydrogen-bond acceptors (Lipinski definition) is 5. The lowest BCUT2D eigenvalue weighted by Crippen LogP contribution is -2.45. The first kappa shape index (κ1) is 17.6. The van der Waals surface area contributed by atoms with E-state index in [-0.39, 0.29) is 24.4 Å². The van der Waals surface area contributed by atoms with E-state index in [2.05, 4.69) is 15.6 Å². The number of rotatable bonds is 7. The highest BCUT2D eigenvalue weighted by Gasteiger charge is 2.25. The number of amides is 1. The van der Waals surface area contributed by atoms with Crippen molar-refractivity contribution in [2.75, 3.05) is 0 Å². The molecule has 0 aliphatic carbocycles. The summed E-state index contributed by atoms with van der Waals surface area (Å²) in [6.45, 7) is 3.66. The number of nitrogens with zero attached hydrogens (tertiary/aromatic N) is 3. The molecule has 2 atom stereocenters. The summed E-state index contributed by atoms with van der Waals surface area (Å²) in [6.07, 6.45) is 0.583. The third-order valence-corrected chi connectivity index (χ3v) is 3.98. The van der Waals surface area contributed by atoms with Gasteiger partial charge in [0.05, 0.1) is 11.9 Å². The zero-order chi connectivity index (χ0) is 17.7. The molecule has 1 aromatic heterocycles. The number of carbonyl (C=O) groups excluding carboxylic acids is 1. The van der Waals surface area contributed by atoms with Crippen LogP contribution >= 0.6 is 0 Å². The van der Waals surface area contributed by atoms with Crippen molar-refractivity contribution in [2.45, 2.75) is 39.3 Å². The molecule has 0 bridgehead atoms. The van der Waals surface area contributed by atoms with Crippen LogP contribution < -0.4 is 10.9 Å². The van der Waals surface area contributed by atoms with E-state index in [4.69, 9.17) is 0 Å². The van der Waals surface area contributed by atoms with E-state index in [0.29, 0.717) is 17.3 Å². The maximum Gasteiger partial charge on any atom is 0.326 e. The number of aromatic nitrogens is 3. The maximum absolute atomic E-state index is 12.3. The minimum absolute atomic E-state index is 0.0370. The molecule has 0 radical (unpaired) electrons. The van der Waals surface area contributed by atoms with Crippen molar-refractivity contribution in [1.29, 1.82) is 0 Å². The summed E-state index contributed by atoms with van der Waals surface area (Å²) in [5.41, 5.74) is 0.163. The second-order valence-electron chi connectivity index (χ2n) is 5.65. The van der Waals surface area contributed by atoms with Gasteiger partial charge < -0.3 is 10.4 Å². The minimum Gasteiger partial charge on any atom is -0.480 e. The molecule has 0 spiro atoms. The first-order valence-electron chi connectivity index (χ1n) is 7.78. The molecule has 0 aliphatic heterocycles. The molecule has 128 valence electrons. The normalized spacial score (nSPS) is 13.4. The van der Waals surface area contributed by atoms with E-state index >= 15 is 0 Å². The average molecular weight is 332 g/mol. The number of hydrogen-bond donors (Lipinski definition) is 2. The lowest BCUT2D eigenvalue weighted by Gasteiger charge is -2.20. The third-order valence-electron chi connectivity index (χ3n) is 3.98. The van der Waals surface area contributed by atoms with Crippen molar-refractivity contribution < 1.29 is 14.7 Å². The number of aryl methyl sites for hydroxylation is 1. The quantitative estimate of drug-likeness (QED) is 0.775. The van der Waals surface area contributed by atoms with Crippen LogP contribution in [0, 0.1) is 5.92 Å². The van der Waals surface area contributed by atoms with Crippen LogP contribution in [0.2, 0.25) is 0 Å². The van der Waals surface area contributed by atoms with E-state index in [1.54, 1.807) is 31.2 Å². The third kappa shape index (κ3) is 3.95. The van der Waals surface area contributed by atoms with Crippen molar-refractivity contribution >= 4 is 22.8 Å². The number of benzene rings is 1. The van der Waals surface area contributed by atoms with E-state index in [9.17, 15) is 19.5 Å². The molecule has 2 rings (SSSR count). The molecule has 24 heavy (non-hydrogen) atoms. The monoisotopic (exact) mass is 332 g/mol. The van der Waals surface area contributed by atoms with Gasteiger partial charge in [0.15, 0.2) is 0 Å². The van der Waals surface area contributed by atoms with Crippen LogP contribution in [0.15, 0.2) is 29.1 Å². The number of carboxylic acid groups (broad SMARTS) is 1. The van der Waals surface area contributed by atoms with Crippen molar-refractivity contribution in [2.24, 2.45) is 5.92 Å². The van der Waals surface area contributed by atoms with Gasteiger partial charge in [-0.05, 0) is 18.1 Å². The van der Waals surface area contributed by atoms with Gasteiger partial charge in [-0.3, -0.25) is 9.59 Å². The highest BCUT2D eigenvalue weighted by molar-refractivity contribution is 5.83. The largest absolute Gasteiger partial charge is 0.480 e. The van der Waals surface area contributed by atoms with E-state index in [1.165, 1.54) is 0 Å². The molecular formula is C16H20N4O4. The summed E-state index contributed by atoms with van der Waals surface area (Å²) < 4.78 is 1.11. The van der Waals surface area contributed by atoms with E-state index in [1.807, 2.05) is 6.92 Å². The Labute approximate surface area is 138 Å². The molecule has 1 unspecified atom stereocenters. The van der Waals surface area contributed by atoms with Crippen molar-refractivity contribution in [3.05, 3.63) is 34.6 Å². The molecule has 8 nitrogen and oxygen atoms in total. The lowest BCUT2D eigenvalue weighted by molar-refractivity contribution is -0.143. The summed E-state index contributed by atoms with van der Waals surface area (Å²) in [4.78, 5) is 35.5. The van der Waals surface area contributed by atoms with Gasteiger partial charge in [-0.15, -0.1) is 5.10 Å². The molecular weight excluding hydrogens is 312 g/mol. The van der Waals surface area contributed by atoms with Gasteiger partial charge >= 0.3 is 5.97 Å². The minimum atomic E-state index is -1.07. The Morgan fingerprint density at radius 2 is 2.04 bits per heavy atom. The molecule has 1 heterocycles. The van der Waals surface area contributed by atoms with Crippen LogP contribution in [0.25, 0.3) is 10.9 Å². The summed E-state index contributed by atoms with van der Waals surface area (Å²) in [6, 6.07) is 5.87. The van der Waals surface area contributed by atoms with Crippen LogP contribution in [0.3, 0.4) is 0 Å². The van der Waals surface area contributed by atoms with Crippen LogP contribution in [0.5, 0.6) is 0 Å². The van der Waals surface area contributed by atoms with Gasteiger partial charge in [-0.25, -0.2) is 9.48 Å². The molecule has 8 heteroatoms. The highest BCUT2D eigenvalue weighted by Crippen LogP contribution is 2.08. The van der Waals surface area contributed by atoms with E-state index in [0.717, 1.165) is 4.68 Å². The molecule has 0 saturated carbocycles. The number of aliphatic carboxylic acids is 1. The Hall–Kier alpha value is -2.77. The molecule has 0 fully saturated rings. The van der Waals surface area contributed by atoms with Crippen LogP contribution in [-0.2, 0) is 16.1 Å². The van der Waals surface area contributed by atoms with Crippen LogP contribution in [0.1, 0.15) is 26.7 Å². The topological polar surface area (TPSA) is 114 Å². The average Bonchev–Trinajstić information content (AvgIpc) is 2.58. The fourth-order valence-corrected chi connectivity index (χ4v) is 2.31. The summed E-state index contributed by atoms with van der Waals surface area (Å²) in [5, 5.41) is 19.8. The summed E-state index contributed by atoms with van der Waals surface area (Å²) >= 11 is 0. The van der Waals surface area contributed by atoms with Crippen molar-refractivity contribution in [3.8, 4) is 0 Å². The molecule has 0 aliphatic rings. The van der Waals surface area contributed by atoms with Gasteiger partial charge in [0.25, 0.3) is 5.56 Å². The van der Waals surface area contributed by atoms with E-state index < -0.39 is 17.9 Å². The van der Waals surface area contributed by atoms with Crippen molar-refractivity contribution in [1.82, 2.24) is 20.3 Å². The second kappa shape index (κ2) is 7.67. The SMILES string of the molecule is CCC(C)[C@H](NC(=O)CCn1nnc2ccccc2c1=O)C(=O)O. The lowest BCUT2D eigenvalue weighted by atomic mass is 9.99. The Kier molecular flexibility index (Phi) is 5.62. The van der Waals surface area contributed by atoms with Gasteiger partial charge in [0, 0.05) is 6.42 Å². The van der Waals surface area contributed by atoms with Crippen molar-refractivity contribution in [3.63, 3.8) is 0 Å². The molecule has 2 aromatic rings. The number of nitrogens with one attached hydrogen (secondary N) is 1. The summed E-state index contributed by atoms with van der Waals surface area (Å²) in [7, 11) is 0. The zero-order valence-electron chi connectivity index (χ0n) is 13.6. The fourth-order valence-electron chi connectivity index (χ4n) is 2.31. The van der Waals surface area contributed by atoms with Gasteiger partial charge in [-0.1, -0.05) is 37.6 Å². The number of carbonyl (C=O) groups is 2. The predicted octanol–water partition coefficient (Wildman–Crippen LogP) is 0.797. The molecule has 1 aromatic carbocycles. The Balaban J connectivity index is 2.05. The number of carboxylic acids is 1. The maximum atomic E-state index is 12.3. The summed E-state index contributed by atoms with van der Waals surface area (Å²) in [5.74, 6) is -1.69. The Bertz CT molecular complexity index is 802. The highest BCUT2D eigenvalue weighted by atomic mass is 16.4. The Morgan fingerprint density at radius 3 is 2.71 bits per heavy atom. The first-order chi connectivity index (χ1) is 11.4. The predicted molar refractivity (Wildman–Crippen MR) is 87.4 cm³/mol. The number of fused-ring (bicyclic) bond motifs is 1. The standard InChI is InChI=1S/C16H20N4O4/c1-3-10(2)14(16(23)24)17-13(21)8-9-20-15(22)11-6-4-5-7-12(11)18-19-20/h4-7,10,14H,3,8-9H2,1-2H3,(H,17,21)(H,23,24)/t10?,14-/m0/s1. The van der Waals surface area contributed by atoms with Gasteiger partial charge in [0.1, 0.15) is 11.6 Å².